The van der Waals surface area contributed by atoms with Crippen LogP contribution in [0.15, 0.2) is 22.7 Å². The highest BCUT2D eigenvalue weighted by Crippen LogP contribution is 2.36. The number of hydrogen-bond acceptors (Lipinski definition) is 3. The summed E-state index contributed by atoms with van der Waals surface area (Å²) in [6.45, 7) is 0.164. The van der Waals surface area contributed by atoms with Gasteiger partial charge in [0.15, 0.2) is 0 Å². The highest BCUT2D eigenvalue weighted by atomic mass is 79.9. The smallest absolute Gasteiger partial charge is 0.385 e. The van der Waals surface area contributed by atoms with Gasteiger partial charge in [-0.15, -0.1) is 0 Å². The van der Waals surface area contributed by atoms with Gasteiger partial charge in [0.05, 0.1) is 11.3 Å². The first-order valence-corrected chi connectivity index (χ1v) is 8.23. The molecule has 3 nitrogen and oxygen atoms in total. The first-order chi connectivity index (χ1) is 8.59. The van der Waals surface area contributed by atoms with Crippen LogP contribution in [-0.2, 0) is 16.0 Å². The van der Waals surface area contributed by atoms with E-state index >= 15 is 0 Å². The summed E-state index contributed by atoms with van der Waals surface area (Å²) < 4.78 is 60.4. The molecule has 0 fully saturated rings. The van der Waals surface area contributed by atoms with Crippen LogP contribution in [0.1, 0.15) is 12.0 Å². The Morgan fingerprint density at radius 3 is 2.47 bits per heavy atom. The van der Waals surface area contributed by atoms with E-state index in [-0.39, 0.29) is 24.4 Å². The van der Waals surface area contributed by atoms with Gasteiger partial charge in [-0.2, -0.15) is 13.2 Å². The highest BCUT2D eigenvalue weighted by molar-refractivity contribution is 9.10. The molecular formula is C11H13BrF3NO2S. The number of anilines is 1. The molecule has 0 bridgehead atoms. The molecule has 0 amide bonds. The minimum atomic E-state index is -4.46. The molecule has 0 radical (unpaired) electrons. The summed E-state index contributed by atoms with van der Waals surface area (Å²) in [7, 11) is -3.09. The zero-order chi connectivity index (χ0) is 14.7. The van der Waals surface area contributed by atoms with Crippen LogP contribution < -0.4 is 5.32 Å². The Balaban J connectivity index is 2.73. The van der Waals surface area contributed by atoms with Crippen molar-refractivity contribution in [1.82, 2.24) is 0 Å². The molecule has 0 saturated heterocycles. The SMILES string of the molecule is CS(=O)(=O)CCCNc1ccc(Br)cc1C(F)(F)F. The minimum absolute atomic E-state index is 0.0517. The van der Waals surface area contributed by atoms with E-state index in [4.69, 9.17) is 0 Å². The first-order valence-electron chi connectivity index (χ1n) is 5.38. The Morgan fingerprint density at radius 2 is 1.95 bits per heavy atom. The van der Waals surface area contributed by atoms with Crippen LogP contribution in [-0.4, -0.2) is 27.0 Å². The lowest BCUT2D eigenvalue weighted by Gasteiger charge is -2.14. The van der Waals surface area contributed by atoms with E-state index in [2.05, 4.69) is 21.2 Å². The summed E-state index contributed by atoms with van der Waals surface area (Å²) in [6, 6.07) is 3.79. The van der Waals surface area contributed by atoms with Gasteiger partial charge in [0.25, 0.3) is 0 Å². The van der Waals surface area contributed by atoms with Gasteiger partial charge in [0, 0.05) is 23.0 Å². The van der Waals surface area contributed by atoms with Crippen molar-refractivity contribution in [3.63, 3.8) is 0 Å². The number of benzene rings is 1. The summed E-state index contributed by atoms with van der Waals surface area (Å²) in [5.74, 6) is -0.0577. The predicted octanol–water partition coefficient (Wildman–Crippen LogP) is 3.31. The van der Waals surface area contributed by atoms with Crippen LogP contribution in [0.2, 0.25) is 0 Å². The molecule has 0 heterocycles. The van der Waals surface area contributed by atoms with E-state index in [0.717, 1.165) is 12.3 Å². The molecule has 0 spiro atoms. The summed E-state index contributed by atoms with van der Waals surface area (Å²) >= 11 is 2.99. The van der Waals surface area contributed by atoms with Gasteiger partial charge in [-0.3, -0.25) is 0 Å². The predicted molar refractivity (Wildman–Crippen MR) is 72.0 cm³/mol. The third-order valence-corrected chi connectivity index (χ3v) is 3.82. The molecule has 0 aliphatic rings. The van der Waals surface area contributed by atoms with Gasteiger partial charge in [0.2, 0.25) is 0 Å². The van der Waals surface area contributed by atoms with Crippen molar-refractivity contribution in [2.45, 2.75) is 12.6 Å². The maximum Gasteiger partial charge on any atom is 0.418 e. The van der Waals surface area contributed by atoms with E-state index in [0.29, 0.717) is 4.47 Å². The lowest BCUT2D eigenvalue weighted by atomic mass is 10.1. The molecule has 0 aliphatic heterocycles. The van der Waals surface area contributed by atoms with Crippen molar-refractivity contribution >= 4 is 31.5 Å². The standard InChI is InChI=1S/C11H13BrF3NO2S/c1-19(17,18)6-2-5-16-10-4-3-8(12)7-9(10)11(13,14)15/h3-4,7,16H,2,5-6H2,1H3. The fourth-order valence-electron chi connectivity index (χ4n) is 1.46. The van der Waals surface area contributed by atoms with Gasteiger partial charge >= 0.3 is 6.18 Å². The monoisotopic (exact) mass is 359 g/mol. The molecule has 0 saturated carbocycles. The lowest BCUT2D eigenvalue weighted by molar-refractivity contribution is -0.137. The van der Waals surface area contributed by atoms with Crippen molar-refractivity contribution in [3.05, 3.63) is 28.2 Å². The summed E-state index contributed by atoms with van der Waals surface area (Å²) in [6.07, 6.45) is -3.11. The Labute approximate surface area is 118 Å². The second-order valence-electron chi connectivity index (χ2n) is 4.10. The van der Waals surface area contributed by atoms with Gasteiger partial charge in [-0.25, -0.2) is 8.42 Å². The third kappa shape index (κ3) is 5.82. The molecule has 0 atom stereocenters. The molecule has 1 aromatic carbocycles. The quantitative estimate of drug-likeness (QED) is 0.820. The van der Waals surface area contributed by atoms with Gasteiger partial charge < -0.3 is 5.32 Å². The fourth-order valence-corrected chi connectivity index (χ4v) is 2.49. The normalized spacial score (nSPS) is 12.5. The largest absolute Gasteiger partial charge is 0.418 e. The fraction of sp³-hybridized carbons (Fsp3) is 0.455. The van der Waals surface area contributed by atoms with E-state index in [1.165, 1.54) is 12.1 Å². The number of nitrogens with one attached hydrogen (secondary N) is 1. The topological polar surface area (TPSA) is 46.2 Å². The number of hydrogen-bond donors (Lipinski definition) is 1. The Morgan fingerprint density at radius 1 is 1.32 bits per heavy atom. The van der Waals surface area contributed by atoms with Crippen LogP contribution in [0.25, 0.3) is 0 Å². The van der Waals surface area contributed by atoms with E-state index in [1.807, 2.05) is 0 Å². The summed E-state index contributed by atoms with van der Waals surface area (Å²) in [4.78, 5) is 0. The Bertz CT molecular complexity index is 543. The molecule has 108 valence electrons. The molecule has 1 aromatic rings. The number of sulfone groups is 1. The number of rotatable bonds is 5. The summed E-state index contributed by atoms with van der Waals surface area (Å²) in [5, 5.41) is 2.61. The summed E-state index contributed by atoms with van der Waals surface area (Å²) in [5.41, 5.74) is -0.828. The van der Waals surface area contributed by atoms with E-state index in [9.17, 15) is 21.6 Å². The first kappa shape index (κ1) is 16.3. The van der Waals surface area contributed by atoms with E-state index in [1.54, 1.807) is 0 Å². The third-order valence-electron chi connectivity index (χ3n) is 2.29. The van der Waals surface area contributed by atoms with E-state index < -0.39 is 21.6 Å². The molecule has 1 N–H and O–H groups in total. The van der Waals surface area contributed by atoms with Crippen LogP contribution in [0.4, 0.5) is 18.9 Å². The average Bonchev–Trinajstić information content (AvgIpc) is 2.23. The maximum atomic E-state index is 12.8. The van der Waals surface area contributed by atoms with Gasteiger partial charge in [-0.05, 0) is 24.6 Å². The molecule has 19 heavy (non-hydrogen) atoms. The molecule has 0 unspecified atom stereocenters. The second-order valence-corrected chi connectivity index (χ2v) is 7.27. The van der Waals surface area contributed by atoms with Crippen molar-refractivity contribution in [3.8, 4) is 0 Å². The maximum absolute atomic E-state index is 12.8. The number of halogens is 4. The van der Waals surface area contributed by atoms with Crippen LogP contribution in [0.3, 0.4) is 0 Å². The second kappa shape index (κ2) is 6.13. The molecule has 8 heteroatoms. The molecule has 1 rings (SSSR count). The average molecular weight is 360 g/mol. The van der Waals surface area contributed by atoms with Crippen LogP contribution in [0.5, 0.6) is 0 Å². The lowest BCUT2D eigenvalue weighted by Crippen LogP contribution is -2.14. The molecule has 0 aliphatic carbocycles. The van der Waals surface area contributed by atoms with Crippen molar-refractivity contribution in [2.24, 2.45) is 0 Å². The van der Waals surface area contributed by atoms with Crippen molar-refractivity contribution in [2.75, 3.05) is 23.9 Å². The zero-order valence-corrected chi connectivity index (χ0v) is 12.5. The highest BCUT2D eigenvalue weighted by Gasteiger charge is 2.33. The van der Waals surface area contributed by atoms with Gasteiger partial charge in [-0.1, -0.05) is 15.9 Å². The minimum Gasteiger partial charge on any atom is -0.385 e. The molecular weight excluding hydrogens is 347 g/mol. The zero-order valence-electron chi connectivity index (χ0n) is 10.1. The van der Waals surface area contributed by atoms with Crippen LogP contribution in [0, 0.1) is 0 Å². The van der Waals surface area contributed by atoms with Crippen LogP contribution >= 0.6 is 15.9 Å². The Hall–Kier alpha value is -0.760. The molecule has 0 aromatic heterocycles. The van der Waals surface area contributed by atoms with Gasteiger partial charge in [0.1, 0.15) is 9.84 Å². The Kier molecular flexibility index (Phi) is 5.26. The van der Waals surface area contributed by atoms with Crippen molar-refractivity contribution in [1.29, 1.82) is 0 Å². The number of alkyl halides is 3. The van der Waals surface area contributed by atoms with Crippen molar-refractivity contribution < 1.29 is 21.6 Å².